The summed E-state index contributed by atoms with van der Waals surface area (Å²) in [5.74, 6) is 1.51. The molecule has 1 saturated carbocycles. The number of nitrogens with one attached hydrogen (secondary N) is 4. The van der Waals surface area contributed by atoms with E-state index in [0.717, 1.165) is 72.5 Å². The molecule has 1 aliphatic carbocycles. The van der Waals surface area contributed by atoms with Gasteiger partial charge in [0.15, 0.2) is 0 Å². The number of carbonyl (C=O) groups is 7. The van der Waals surface area contributed by atoms with Gasteiger partial charge in [0.25, 0.3) is 24.2 Å². The lowest BCUT2D eigenvalue weighted by Gasteiger charge is -2.46. The molecule has 2 aromatic heterocycles. The van der Waals surface area contributed by atoms with Crippen LogP contribution in [0, 0.1) is 5.92 Å². The van der Waals surface area contributed by atoms with Crippen LogP contribution in [0.2, 0.25) is 0 Å². The van der Waals surface area contributed by atoms with Crippen LogP contribution < -0.4 is 26.2 Å². The standard InChI is InChI=1S/C30H39N7O2S.C17H25N3O4.C10H13NO3.C2H6O.C2H6/c1-6-31-25-12-21(30(17-39-18-30)14-27-34-32-19-35(27)3)13-26(33-25)37-16-23-22(28(37)38)10-20(11-24(23)40-5)15-36(4)29(2)8-7-9-29;1-11(2)15(18-4)17(23)19-12(3)16(22)20-14-7-5-13(6-8-14)9-24-10-21;12-8-4-2-1-3-7-11-9(13)5-6-10(11)14;1-3-2;1-2/h10-13,19H,6-9,14-18H2,1-5H3,(H,31,33);5-8,10-12,15,18H,9H2,1-4H3,(H,19,23)(H,20,22);5-6,8H,1-4,7H2;1-2H3;1-2H3. The molecule has 0 bridgehead atoms. The number of aldehydes is 1. The highest BCUT2D eigenvalue weighted by Gasteiger charge is 2.43. The number of aromatic nitrogens is 4. The van der Waals surface area contributed by atoms with E-state index < -0.39 is 6.04 Å². The van der Waals surface area contributed by atoms with Crippen LogP contribution in [0.25, 0.3) is 0 Å². The number of pyridine rings is 1. The number of imide groups is 1. The quantitative estimate of drug-likeness (QED) is 0.0218. The summed E-state index contributed by atoms with van der Waals surface area (Å²) < 4.78 is 16.6. The van der Waals surface area contributed by atoms with Gasteiger partial charge < -0.3 is 44.8 Å². The SMILES string of the molecule is CC.CCNc1cc(C2(Cc3nncn3C)COC2)cc(N2Cc3c(SC)cc(CN(C)C4(C)CCC4)cc3C2=O)n1.CNC(C(=O)NC(C)C(=O)Nc1ccc(COC=O)cc1)C(C)C.COC.O=CCCCCCN1C(=O)C=CC1=O. The van der Waals surface area contributed by atoms with Gasteiger partial charge in [0.05, 0.1) is 25.8 Å². The lowest BCUT2D eigenvalue weighted by molar-refractivity contribution is -0.137. The maximum absolute atomic E-state index is 14.0. The first-order chi connectivity index (χ1) is 39.8. The van der Waals surface area contributed by atoms with Crippen LogP contribution in [0.5, 0.6) is 0 Å². The summed E-state index contributed by atoms with van der Waals surface area (Å²) in [6.07, 6.45) is 14.8. The Kier molecular flexibility index (Phi) is 28.2. The second kappa shape index (κ2) is 34.1. The van der Waals surface area contributed by atoms with Crippen LogP contribution in [0.15, 0.2) is 71.9 Å². The van der Waals surface area contributed by atoms with Gasteiger partial charge in [-0.05, 0) is 138 Å². The second-order valence-electron chi connectivity index (χ2n) is 21.3. The van der Waals surface area contributed by atoms with Gasteiger partial charge in [-0.1, -0.05) is 46.2 Å². The number of aryl methyl sites for hydroxylation is 1. The van der Waals surface area contributed by atoms with Gasteiger partial charge >= 0.3 is 0 Å². The highest BCUT2D eigenvalue weighted by atomic mass is 32.2. The number of carbonyl (C=O) groups excluding carboxylic acids is 7. The van der Waals surface area contributed by atoms with E-state index in [9.17, 15) is 33.6 Å². The Morgan fingerprint density at radius 2 is 1.61 bits per heavy atom. The maximum Gasteiger partial charge on any atom is 0.293 e. The third-order valence-corrected chi connectivity index (χ3v) is 15.6. The van der Waals surface area contributed by atoms with Gasteiger partial charge in [-0.2, -0.15) is 0 Å². The lowest BCUT2D eigenvalue weighted by atomic mass is 9.75. The molecule has 2 aromatic carbocycles. The van der Waals surface area contributed by atoms with Crippen molar-refractivity contribution in [2.75, 3.05) is 76.4 Å². The maximum atomic E-state index is 14.0. The smallest absolute Gasteiger partial charge is 0.293 e. The van der Waals surface area contributed by atoms with Crippen molar-refractivity contribution in [2.45, 2.75) is 147 Å². The normalized spacial score (nSPS) is 15.8. The highest BCUT2D eigenvalue weighted by molar-refractivity contribution is 7.98. The first kappa shape index (κ1) is 68.6. The summed E-state index contributed by atoms with van der Waals surface area (Å²) in [6.45, 7) is 18.2. The van der Waals surface area contributed by atoms with Crippen molar-refractivity contribution >= 4 is 71.4 Å². The van der Waals surface area contributed by atoms with Crippen LogP contribution in [0.4, 0.5) is 17.3 Å². The number of hydrogen-bond donors (Lipinski definition) is 4. The predicted octanol–water partition coefficient (Wildman–Crippen LogP) is 7.42. The van der Waals surface area contributed by atoms with E-state index in [-0.39, 0.29) is 59.1 Å². The Morgan fingerprint density at radius 3 is 2.14 bits per heavy atom. The van der Waals surface area contributed by atoms with E-state index in [2.05, 4.69) is 97.3 Å². The molecule has 0 radical (unpaired) electrons. The van der Waals surface area contributed by atoms with Crippen molar-refractivity contribution in [1.82, 2.24) is 40.2 Å². The molecule has 454 valence electrons. The van der Waals surface area contributed by atoms with Crippen molar-refractivity contribution in [2.24, 2.45) is 13.0 Å². The lowest BCUT2D eigenvalue weighted by Crippen LogP contribution is -2.51. The Hall–Kier alpha value is -6.85. The number of fused-ring (bicyclic) bond motifs is 1. The monoisotopic (exact) mass is 1170 g/mol. The highest BCUT2D eigenvalue weighted by Crippen LogP contribution is 2.42. The van der Waals surface area contributed by atoms with Gasteiger partial charge in [-0.15, -0.1) is 22.0 Å². The Balaban J connectivity index is 0.000000291. The molecule has 4 aromatic rings. The predicted molar refractivity (Wildman–Crippen MR) is 324 cm³/mol. The summed E-state index contributed by atoms with van der Waals surface area (Å²) in [5.41, 5.74) is 5.63. The molecular formula is C61H89N11O10S. The molecule has 5 heterocycles. The topological polar surface area (TPSA) is 249 Å². The number of ether oxygens (including phenoxy) is 3. The van der Waals surface area contributed by atoms with Crippen LogP contribution in [-0.4, -0.2) is 150 Å². The zero-order valence-corrected chi connectivity index (χ0v) is 51.8. The number of rotatable bonds is 25. The zero-order valence-electron chi connectivity index (χ0n) is 51.0. The van der Waals surface area contributed by atoms with Gasteiger partial charge in [0, 0.05) is 93.0 Å². The number of benzene rings is 2. The van der Waals surface area contributed by atoms with E-state index in [1.807, 2.05) is 44.2 Å². The number of nitrogens with zero attached hydrogens (tertiary/aromatic N) is 7. The van der Waals surface area contributed by atoms with E-state index in [1.165, 1.54) is 46.8 Å². The molecule has 1 saturated heterocycles. The minimum absolute atomic E-state index is 0.0176. The van der Waals surface area contributed by atoms with E-state index in [1.54, 1.807) is 70.5 Å². The third kappa shape index (κ3) is 19.1. The number of anilines is 3. The van der Waals surface area contributed by atoms with Crippen LogP contribution >= 0.6 is 11.8 Å². The number of amides is 5. The van der Waals surface area contributed by atoms with Crippen molar-refractivity contribution in [1.29, 1.82) is 0 Å². The number of methoxy groups -OCH3 is 1. The van der Waals surface area contributed by atoms with Crippen LogP contribution in [0.3, 0.4) is 0 Å². The number of unbranched alkanes of at least 4 members (excludes halogenated alkanes) is 3. The van der Waals surface area contributed by atoms with E-state index in [0.29, 0.717) is 57.1 Å². The summed E-state index contributed by atoms with van der Waals surface area (Å²) in [7, 11) is 9.13. The average Bonchev–Trinajstić information content (AvgIpc) is 4.26. The molecule has 8 rings (SSSR count). The summed E-state index contributed by atoms with van der Waals surface area (Å²) in [4.78, 5) is 92.1. The van der Waals surface area contributed by atoms with Crippen LogP contribution in [0.1, 0.15) is 132 Å². The van der Waals surface area contributed by atoms with Gasteiger partial charge in [-0.25, -0.2) is 4.98 Å². The van der Waals surface area contributed by atoms with Crippen molar-refractivity contribution in [3.8, 4) is 0 Å². The fraction of sp³-hybridized carbons (Fsp3) is 0.541. The van der Waals surface area contributed by atoms with E-state index in [4.69, 9.17) is 9.72 Å². The molecule has 4 N–H and O–H groups in total. The van der Waals surface area contributed by atoms with Crippen molar-refractivity contribution in [3.63, 3.8) is 0 Å². The first-order valence-electron chi connectivity index (χ1n) is 28.5. The number of thioether (sulfide) groups is 1. The molecular weight excluding hydrogens is 1080 g/mol. The Labute approximate surface area is 494 Å². The molecule has 2 unspecified atom stereocenters. The third-order valence-electron chi connectivity index (χ3n) is 14.8. The molecule has 4 aliphatic rings. The molecule has 0 spiro atoms. The minimum atomic E-state index is -0.662. The average molecular weight is 1170 g/mol. The molecule has 3 aliphatic heterocycles. The first-order valence-corrected chi connectivity index (χ1v) is 29.7. The van der Waals surface area contributed by atoms with Gasteiger partial charge in [0.2, 0.25) is 11.8 Å². The van der Waals surface area contributed by atoms with E-state index >= 15 is 0 Å². The molecule has 2 atom stereocenters. The largest absolute Gasteiger partial charge is 0.463 e. The van der Waals surface area contributed by atoms with Crippen molar-refractivity contribution < 1.29 is 47.8 Å². The minimum Gasteiger partial charge on any atom is -0.463 e. The Morgan fingerprint density at radius 1 is 0.940 bits per heavy atom. The van der Waals surface area contributed by atoms with Gasteiger partial charge in [-0.3, -0.25) is 43.5 Å². The van der Waals surface area contributed by atoms with Crippen molar-refractivity contribution in [3.05, 3.63) is 101 Å². The summed E-state index contributed by atoms with van der Waals surface area (Å²) in [6, 6.07) is 14.5. The van der Waals surface area contributed by atoms with Gasteiger partial charge in [0.1, 0.15) is 42.7 Å². The summed E-state index contributed by atoms with van der Waals surface area (Å²) >= 11 is 1.71. The summed E-state index contributed by atoms with van der Waals surface area (Å²) in [5, 5.41) is 20.2. The fourth-order valence-corrected chi connectivity index (χ4v) is 10.4. The molecule has 5 amide bonds. The molecule has 2 fully saturated rings. The zero-order chi connectivity index (χ0) is 61.3. The fourth-order valence-electron chi connectivity index (χ4n) is 9.67. The van der Waals surface area contributed by atoms with Crippen LogP contribution in [-0.2, 0) is 81.6 Å². The molecule has 21 nitrogen and oxygen atoms in total. The Bertz CT molecular complexity index is 2780. The molecule has 22 heteroatoms. The molecule has 83 heavy (non-hydrogen) atoms. The number of likely N-dealkylation sites (N-methyl/N-ethyl adjacent to an activating group) is 1. The second-order valence-corrected chi connectivity index (χ2v) is 22.1. The number of hydrogen-bond acceptors (Lipinski definition) is 17.